The molecule has 11 heteroatoms. The number of nitrogens with one attached hydrogen (secondary N) is 1. The minimum atomic E-state index is -1.19. The summed E-state index contributed by atoms with van der Waals surface area (Å²) in [7, 11) is 0. The molecular weight excluding hydrogens is 551 g/mol. The maximum atomic E-state index is 14.2. The van der Waals surface area contributed by atoms with Crippen LogP contribution in [0.15, 0.2) is 53.5 Å². The van der Waals surface area contributed by atoms with E-state index in [2.05, 4.69) is 5.32 Å². The Kier molecular flexibility index (Phi) is 8.20. The maximum absolute atomic E-state index is 14.2. The zero-order chi connectivity index (χ0) is 30.1. The third-order valence-electron chi connectivity index (χ3n) is 7.98. The summed E-state index contributed by atoms with van der Waals surface area (Å²) >= 11 is 0. The lowest BCUT2D eigenvalue weighted by atomic mass is 9.89. The molecule has 2 aliphatic rings. The lowest BCUT2D eigenvalue weighted by Crippen LogP contribution is -2.49. The van der Waals surface area contributed by atoms with E-state index in [-0.39, 0.29) is 48.8 Å². The van der Waals surface area contributed by atoms with E-state index in [1.807, 2.05) is 13.0 Å². The van der Waals surface area contributed by atoms with Gasteiger partial charge in [0.1, 0.15) is 35.4 Å². The quantitative estimate of drug-likeness (QED) is 0.421. The molecule has 2 aromatic carbocycles. The second-order valence-corrected chi connectivity index (χ2v) is 10.9. The molecule has 3 aromatic rings. The van der Waals surface area contributed by atoms with Gasteiger partial charge in [0.15, 0.2) is 11.4 Å². The standard InChI is InChI=1S/C31H30F3N3O5/c1-17-8-9-20(10-18(2)38)26-15-36(17)31(41)27-29(42-16-19-6-4-3-5-7-19)28(39)23(14-37(26)27)30(40)35-13-22-24(33)11-21(32)12-25(22)34/h3-7,11-12,14,17,20,26H,8-10,13,15-16H2,1-2H3,(H,35,40). The van der Waals surface area contributed by atoms with Gasteiger partial charge in [0.2, 0.25) is 5.43 Å². The number of hydrogen-bond donors (Lipinski definition) is 1. The zero-order valence-electron chi connectivity index (χ0n) is 23.2. The van der Waals surface area contributed by atoms with E-state index in [4.69, 9.17) is 4.74 Å². The highest BCUT2D eigenvalue weighted by molar-refractivity contribution is 5.99. The first-order chi connectivity index (χ1) is 20.0. The van der Waals surface area contributed by atoms with Gasteiger partial charge in [0, 0.05) is 49.4 Å². The Hall–Kier alpha value is -4.41. The van der Waals surface area contributed by atoms with Gasteiger partial charge in [0.05, 0.1) is 6.04 Å². The van der Waals surface area contributed by atoms with Gasteiger partial charge in [-0.2, -0.15) is 0 Å². The van der Waals surface area contributed by atoms with Gasteiger partial charge in [-0.05, 0) is 38.2 Å². The van der Waals surface area contributed by atoms with Gasteiger partial charge >= 0.3 is 0 Å². The van der Waals surface area contributed by atoms with Crippen LogP contribution in [0.4, 0.5) is 13.2 Å². The molecule has 0 saturated carbocycles. The van der Waals surface area contributed by atoms with Crippen LogP contribution >= 0.6 is 0 Å². The summed E-state index contributed by atoms with van der Waals surface area (Å²) in [4.78, 5) is 54.7. The number of aromatic nitrogens is 1. The first kappa shape index (κ1) is 29.1. The molecule has 0 radical (unpaired) electrons. The van der Waals surface area contributed by atoms with Gasteiger partial charge in [-0.15, -0.1) is 0 Å². The second kappa shape index (κ2) is 11.8. The number of nitrogens with zero attached hydrogens (tertiary/aromatic N) is 2. The lowest BCUT2D eigenvalue weighted by Gasteiger charge is -2.39. The third-order valence-corrected chi connectivity index (χ3v) is 7.98. The van der Waals surface area contributed by atoms with Gasteiger partial charge in [-0.1, -0.05) is 30.3 Å². The highest BCUT2D eigenvalue weighted by Crippen LogP contribution is 2.39. The molecule has 220 valence electrons. The van der Waals surface area contributed by atoms with E-state index < -0.39 is 58.4 Å². The van der Waals surface area contributed by atoms with Crippen LogP contribution in [0, 0.1) is 23.4 Å². The number of hydrogen-bond acceptors (Lipinski definition) is 5. The van der Waals surface area contributed by atoms with Gasteiger partial charge in [-0.25, -0.2) is 13.2 Å². The van der Waals surface area contributed by atoms with Crippen LogP contribution in [0.5, 0.6) is 5.75 Å². The first-order valence-electron chi connectivity index (χ1n) is 13.7. The highest BCUT2D eigenvalue weighted by atomic mass is 19.1. The Balaban J connectivity index is 1.59. The van der Waals surface area contributed by atoms with Crippen LogP contribution in [0.2, 0.25) is 0 Å². The average Bonchev–Trinajstić information content (AvgIpc) is 3.07. The van der Waals surface area contributed by atoms with Crippen molar-refractivity contribution in [3.63, 3.8) is 0 Å². The summed E-state index contributed by atoms with van der Waals surface area (Å²) in [5, 5.41) is 2.33. The number of rotatable bonds is 8. The molecule has 1 fully saturated rings. The normalized spacial score (nSPS) is 19.6. The number of amides is 2. The van der Waals surface area contributed by atoms with E-state index in [1.54, 1.807) is 33.7 Å². The maximum Gasteiger partial charge on any atom is 0.274 e. The number of fused-ring (bicyclic) bond motifs is 4. The van der Waals surface area contributed by atoms with Crippen molar-refractivity contribution in [2.45, 2.75) is 58.3 Å². The number of carbonyl (C=O) groups excluding carboxylic acids is 3. The number of halogens is 3. The van der Waals surface area contributed by atoms with Crippen molar-refractivity contribution in [2.75, 3.05) is 6.54 Å². The van der Waals surface area contributed by atoms with E-state index in [9.17, 15) is 32.3 Å². The van der Waals surface area contributed by atoms with E-state index in [0.717, 1.165) is 5.56 Å². The zero-order valence-corrected chi connectivity index (χ0v) is 23.2. The van der Waals surface area contributed by atoms with Crippen molar-refractivity contribution >= 4 is 17.6 Å². The van der Waals surface area contributed by atoms with Crippen molar-refractivity contribution in [3.05, 3.63) is 98.7 Å². The molecule has 1 aromatic heterocycles. The monoisotopic (exact) mass is 581 g/mol. The molecule has 3 unspecified atom stereocenters. The Bertz CT molecular complexity index is 1580. The predicted molar refractivity (Wildman–Crippen MR) is 147 cm³/mol. The third kappa shape index (κ3) is 5.68. The topological polar surface area (TPSA) is 97.7 Å². The number of ketones is 1. The van der Waals surface area contributed by atoms with E-state index >= 15 is 0 Å². The molecule has 3 atom stereocenters. The fourth-order valence-electron chi connectivity index (χ4n) is 5.78. The molecular formula is C31H30F3N3O5. The summed E-state index contributed by atoms with van der Waals surface area (Å²) in [5.74, 6) is -5.38. The average molecular weight is 582 g/mol. The number of carbonyl (C=O) groups is 3. The Labute approximate surface area is 240 Å². The number of benzene rings is 2. The molecule has 8 nitrogen and oxygen atoms in total. The first-order valence-corrected chi connectivity index (χ1v) is 13.7. The minimum absolute atomic E-state index is 0.0124. The lowest BCUT2D eigenvalue weighted by molar-refractivity contribution is -0.118. The summed E-state index contributed by atoms with van der Waals surface area (Å²) in [6.07, 6.45) is 2.81. The molecule has 0 spiro atoms. The summed E-state index contributed by atoms with van der Waals surface area (Å²) in [6, 6.07) is 9.37. The molecule has 5 rings (SSSR count). The Morgan fingerprint density at radius 3 is 2.40 bits per heavy atom. The molecule has 2 amide bonds. The Morgan fingerprint density at radius 2 is 1.74 bits per heavy atom. The molecule has 42 heavy (non-hydrogen) atoms. The SMILES string of the molecule is CC(=O)CC1CCC(C)N2CC1n1cc(C(=O)NCc3c(F)cc(F)cc3F)c(=O)c(OCc3ccccc3)c1C2=O. The van der Waals surface area contributed by atoms with Crippen LogP contribution in [0.1, 0.15) is 71.1 Å². The molecule has 2 aliphatic heterocycles. The molecule has 1 N–H and O–H groups in total. The molecule has 2 bridgehead atoms. The summed E-state index contributed by atoms with van der Waals surface area (Å²) < 4.78 is 49.3. The number of pyridine rings is 1. The van der Waals surface area contributed by atoms with Crippen molar-refractivity contribution in [3.8, 4) is 5.75 Å². The molecule has 0 aliphatic carbocycles. The van der Waals surface area contributed by atoms with Crippen molar-refractivity contribution < 1.29 is 32.3 Å². The van der Waals surface area contributed by atoms with Crippen LogP contribution in [0.3, 0.4) is 0 Å². The predicted octanol–water partition coefficient (Wildman–Crippen LogP) is 4.55. The number of Topliss-reactive ketones (excluding diaryl/α,β-unsaturated/α-hetero) is 1. The van der Waals surface area contributed by atoms with Crippen LogP contribution in [0.25, 0.3) is 0 Å². The minimum Gasteiger partial charge on any atom is -0.483 e. The largest absolute Gasteiger partial charge is 0.483 e. The summed E-state index contributed by atoms with van der Waals surface area (Å²) in [6.45, 7) is 2.97. The van der Waals surface area contributed by atoms with Gasteiger partial charge < -0.3 is 24.3 Å². The highest BCUT2D eigenvalue weighted by Gasteiger charge is 2.43. The van der Waals surface area contributed by atoms with Crippen molar-refractivity contribution in [2.24, 2.45) is 5.92 Å². The van der Waals surface area contributed by atoms with E-state index in [0.29, 0.717) is 25.0 Å². The van der Waals surface area contributed by atoms with Crippen LogP contribution < -0.4 is 15.5 Å². The Morgan fingerprint density at radius 1 is 1.05 bits per heavy atom. The fraction of sp³-hybridized carbons (Fsp3) is 0.355. The molecule has 3 heterocycles. The fourth-order valence-corrected chi connectivity index (χ4v) is 5.78. The summed E-state index contributed by atoms with van der Waals surface area (Å²) in [5.41, 5.74) is -1.13. The second-order valence-electron chi connectivity index (χ2n) is 10.9. The van der Waals surface area contributed by atoms with Crippen LogP contribution in [-0.2, 0) is 17.9 Å². The smallest absolute Gasteiger partial charge is 0.274 e. The van der Waals surface area contributed by atoms with E-state index in [1.165, 1.54) is 13.1 Å². The van der Waals surface area contributed by atoms with Gasteiger partial charge in [-0.3, -0.25) is 14.4 Å². The number of ether oxygens (including phenoxy) is 1. The van der Waals surface area contributed by atoms with Crippen molar-refractivity contribution in [1.29, 1.82) is 0 Å². The van der Waals surface area contributed by atoms with Crippen LogP contribution in [-0.4, -0.2) is 39.7 Å². The van der Waals surface area contributed by atoms with Crippen molar-refractivity contribution in [1.82, 2.24) is 14.8 Å². The van der Waals surface area contributed by atoms with Gasteiger partial charge in [0.25, 0.3) is 11.8 Å². The molecule has 1 saturated heterocycles.